The summed E-state index contributed by atoms with van der Waals surface area (Å²) < 4.78 is 12.0. The molecule has 0 spiro atoms. The number of aliphatic carboxylic acids is 1. The summed E-state index contributed by atoms with van der Waals surface area (Å²) in [5.74, 6) is -1.05. The van der Waals surface area contributed by atoms with E-state index in [0.29, 0.717) is 0 Å². The number of alkyl carbamates (subject to hydrolysis) is 1. The smallest absolute Gasteiger partial charge is 0.408 e. The fourth-order valence-electron chi connectivity index (χ4n) is 1.60. The number of carboxylic acid groups (broad SMARTS) is 1. The molecule has 2 atom stereocenters. The number of carbonyl (C=O) groups excluding carboxylic acids is 1. The molecule has 0 radical (unpaired) electrons. The Morgan fingerprint density at radius 3 is 2.24 bits per heavy atom. The van der Waals surface area contributed by atoms with Crippen molar-refractivity contribution in [2.45, 2.75) is 70.4 Å². The number of rotatable bonds is 7. The Morgan fingerprint density at radius 2 is 1.86 bits per heavy atom. The van der Waals surface area contributed by atoms with Gasteiger partial charge >= 0.3 is 12.1 Å². The molecule has 0 aromatic carbocycles. The Labute approximate surface area is 132 Å². The summed E-state index contributed by atoms with van der Waals surface area (Å²) in [6.07, 6.45) is -2.21. The molecule has 6 nitrogen and oxygen atoms in total. The summed E-state index contributed by atoms with van der Waals surface area (Å²) in [6, 6.07) is -1.10. The standard InChI is InChI=1S/C14H27NO5S/c1-9(16)7-14(5,6)21-8-10(11(17)18)15-12(19)20-13(2,3)4/h9-10,16H,7-8H2,1-6H3,(H,15,19)(H,17,18)/t9?,10-/m0/s1/i9D. The van der Waals surface area contributed by atoms with E-state index in [1.807, 2.05) is 13.8 Å². The predicted octanol–water partition coefficient (Wildman–Crippen LogP) is 2.25. The van der Waals surface area contributed by atoms with E-state index in [0.717, 1.165) is 0 Å². The molecule has 1 amide bonds. The Morgan fingerprint density at radius 1 is 1.33 bits per heavy atom. The van der Waals surface area contributed by atoms with Crippen molar-refractivity contribution in [3.8, 4) is 0 Å². The van der Waals surface area contributed by atoms with Gasteiger partial charge in [0.15, 0.2) is 0 Å². The minimum absolute atomic E-state index is 0.109. The van der Waals surface area contributed by atoms with Crippen LogP contribution in [0.4, 0.5) is 4.79 Å². The zero-order valence-corrected chi connectivity index (χ0v) is 14.3. The fourth-order valence-corrected chi connectivity index (χ4v) is 2.76. The molecule has 0 aliphatic carbocycles. The topological polar surface area (TPSA) is 95.9 Å². The van der Waals surface area contributed by atoms with Crippen molar-refractivity contribution in [3.63, 3.8) is 0 Å². The van der Waals surface area contributed by atoms with E-state index in [1.54, 1.807) is 20.8 Å². The maximum absolute atomic E-state index is 11.7. The molecule has 1 unspecified atom stereocenters. The summed E-state index contributed by atoms with van der Waals surface area (Å²) in [6.45, 7) is 10.1. The van der Waals surface area contributed by atoms with Crippen LogP contribution in [0.1, 0.15) is 49.3 Å². The summed E-state index contributed by atoms with van der Waals surface area (Å²) in [5, 5.41) is 21.0. The van der Waals surface area contributed by atoms with Gasteiger partial charge < -0.3 is 20.3 Å². The number of ether oxygens (including phenoxy) is 1. The molecule has 0 saturated heterocycles. The summed E-state index contributed by atoms with van der Waals surface area (Å²) in [7, 11) is 0. The monoisotopic (exact) mass is 322 g/mol. The number of carboxylic acids is 1. The number of thioether (sulfide) groups is 1. The molecule has 124 valence electrons. The maximum Gasteiger partial charge on any atom is 0.408 e. The van der Waals surface area contributed by atoms with Crippen molar-refractivity contribution in [1.29, 1.82) is 0 Å². The lowest BCUT2D eigenvalue weighted by molar-refractivity contribution is -0.138. The number of hydrogen-bond acceptors (Lipinski definition) is 5. The molecule has 0 heterocycles. The first-order chi connectivity index (χ1) is 9.61. The lowest BCUT2D eigenvalue weighted by Crippen LogP contribution is -2.45. The maximum atomic E-state index is 11.7. The van der Waals surface area contributed by atoms with Gasteiger partial charge in [-0.2, -0.15) is 11.8 Å². The lowest BCUT2D eigenvalue weighted by atomic mass is 10.1. The average Bonchev–Trinajstić information content (AvgIpc) is 2.17. The van der Waals surface area contributed by atoms with Crippen LogP contribution in [0.3, 0.4) is 0 Å². The van der Waals surface area contributed by atoms with Crippen LogP contribution in [0.25, 0.3) is 0 Å². The second kappa shape index (κ2) is 7.89. The number of carbonyl (C=O) groups is 2. The van der Waals surface area contributed by atoms with E-state index < -0.39 is 34.5 Å². The molecule has 0 aromatic heterocycles. The summed E-state index contributed by atoms with van der Waals surface area (Å²) in [4.78, 5) is 22.9. The minimum Gasteiger partial charge on any atom is -0.480 e. The van der Waals surface area contributed by atoms with Gasteiger partial charge in [0, 0.05) is 10.5 Å². The van der Waals surface area contributed by atoms with E-state index in [-0.39, 0.29) is 12.2 Å². The van der Waals surface area contributed by atoms with Crippen LogP contribution in [0, 0.1) is 0 Å². The van der Waals surface area contributed by atoms with Crippen molar-refractivity contribution in [2.75, 3.05) is 5.75 Å². The van der Waals surface area contributed by atoms with Crippen LogP contribution in [0.5, 0.6) is 0 Å². The third kappa shape index (κ3) is 10.4. The zero-order chi connectivity index (χ0) is 17.8. The van der Waals surface area contributed by atoms with Gasteiger partial charge in [-0.15, -0.1) is 0 Å². The normalized spacial score (nSPS) is 17.4. The van der Waals surface area contributed by atoms with Gasteiger partial charge in [-0.05, 0) is 34.1 Å². The van der Waals surface area contributed by atoms with E-state index >= 15 is 0 Å². The first-order valence-corrected chi connectivity index (χ1v) is 7.68. The van der Waals surface area contributed by atoms with E-state index in [4.69, 9.17) is 6.11 Å². The molecule has 0 aliphatic heterocycles. The van der Waals surface area contributed by atoms with Gasteiger partial charge in [-0.1, -0.05) is 13.8 Å². The minimum atomic E-state index is -1.59. The van der Waals surface area contributed by atoms with Crippen molar-refractivity contribution in [2.24, 2.45) is 0 Å². The molecule has 0 fully saturated rings. The summed E-state index contributed by atoms with van der Waals surface area (Å²) in [5.41, 5.74) is -0.705. The van der Waals surface area contributed by atoms with Gasteiger partial charge in [-0.3, -0.25) is 0 Å². The largest absolute Gasteiger partial charge is 0.480 e. The number of hydrogen-bond donors (Lipinski definition) is 3. The first kappa shape index (κ1) is 18.1. The second-order valence-corrected chi connectivity index (χ2v) is 8.25. The molecule has 0 rings (SSSR count). The van der Waals surface area contributed by atoms with Crippen molar-refractivity contribution in [1.82, 2.24) is 5.32 Å². The van der Waals surface area contributed by atoms with Crippen LogP contribution in [0.2, 0.25) is 0 Å². The highest BCUT2D eigenvalue weighted by molar-refractivity contribution is 8.00. The van der Waals surface area contributed by atoms with Gasteiger partial charge in [0.2, 0.25) is 0 Å². The molecule has 0 bridgehead atoms. The van der Waals surface area contributed by atoms with Crippen LogP contribution >= 0.6 is 11.8 Å². The fraction of sp³-hybridized carbons (Fsp3) is 0.857. The molecule has 21 heavy (non-hydrogen) atoms. The van der Waals surface area contributed by atoms with Crippen molar-refractivity contribution >= 4 is 23.8 Å². The first-order valence-electron chi connectivity index (χ1n) is 7.20. The van der Waals surface area contributed by atoms with Gasteiger partial charge in [0.25, 0.3) is 0 Å². The predicted molar refractivity (Wildman–Crippen MR) is 83.6 cm³/mol. The van der Waals surface area contributed by atoms with Gasteiger partial charge in [0.05, 0.1) is 7.45 Å². The summed E-state index contributed by atoms with van der Waals surface area (Å²) >= 11 is 1.27. The van der Waals surface area contributed by atoms with E-state index in [2.05, 4.69) is 5.32 Å². The second-order valence-electron chi connectivity index (χ2n) is 6.52. The van der Waals surface area contributed by atoms with Crippen LogP contribution < -0.4 is 5.32 Å². The van der Waals surface area contributed by atoms with E-state index in [1.165, 1.54) is 18.7 Å². The highest BCUT2D eigenvalue weighted by Gasteiger charge is 2.28. The molecular weight excluding hydrogens is 294 g/mol. The molecule has 0 saturated carbocycles. The Hall–Kier alpha value is -0.950. The Bertz CT molecular complexity index is 401. The molecule has 0 aliphatic rings. The van der Waals surface area contributed by atoms with Crippen molar-refractivity contribution in [3.05, 3.63) is 0 Å². The molecule has 0 aromatic rings. The number of amides is 1. The number of aliphatic hydroxyl groups is 1. The SMILES string of the molecule is [2H]C(C)(O)CC(C)(C)SC[C@H](NC(=O)OC(C)(C)C)C(=O)O. The number of nitrogens with one attached hydrogen (secondary N) is 1. The van der Waals surface area contributed by atoms with Gasteiger partial charge in [-0.25, -0.2) is 9.59 Å². The third-order valence-electron chi connectivity index (χ3n) is 2.31. The van der Waals surface area contributed by atoms with Crippen molar-refractivity contribution < 1.29 is 25.9 Å². The highest BCUT2D eigenvalue weighted by atomic mass is 32.2. The Kier molecular flexibility index (Phi) is 6.80. The van der Waals surface area contributed by atoms with Gasteiger partial charge in [0.1, 0.15) is 11.6 Å². The van der Waals surface area contributed by atoms with Crippen LogP contribution in [-0.4, -0.2) is 50.5 Å². The highest BCUT2D eigenvalue weighted by Crippen LogP contribution is 2.30. The zero-order valence-electron chi connectivity index (χ0n) is 14.5. The Balaban J connectivity index is 4.61. The molecular formula is C14H27NO5S. The quantitative estimate of drug-likeness (QED) is 0.665. The van der Waals surface area contributed by atoms with E-state index in [9.17, 15) is 19.8 Å². The van der Waals surface area contributed by atoms with Crippen LogP contribution in [0.15, 0.2) is 0 Å². The lowest BCUT2D eigenvalue weighted by Gasteiger charge is -2.27. The molecule has 3 N–H and O–H groups in total. The third-order valence-corrected chi connectivity index (χ3v) is 3.74. The average molecular weight is 322 g/mol. The molecule has 7 heteroatoms. The van der Waals surface area contributed by atoms with Crippen LogP contribution in [-0.2, 0) is 9.53 Å².